The SMILES string of the molecule is CC(NC(=O)c1cc(C(=O)NC(Cc2ccccc2)C(O)C2CC(=O)CCN2)cc(N(C)S(C)(=O)=O)c1)c1ccc(F)cc1. The Kier molecular flexibility index (Phi) is 10.5. The minimum Gasteiger partial charge on any atom is -0.389 e. The Morgan fingerprint density at radius 2 is 1.64 bits per heavy atom. The summed E-state index contributed by atoms with van der Waals surface area (Å²) in [7, 11) is -2.45. The number of ketones is 1. The third-order valence-electron chi connectivity index (χ3n) is 7.72. The fraction of sp³-hybridized carbons (Fsp3) is 0.344. The predicted octanol–water partition coefficient (Wildman–Crippen LogP) is 2.74. The zero-order valence-corrected chi connectivity index (χ0v) is 25.6. The Bertz CT molecular complexity index is 1600. The Hall–Kier alpha value is -4.13. The van der Waals surface area contributed by atoms with E-state index in [4.69, 9.17) is 0 Å². The molecular formula is C32H37FN4O6S. The number of rotatable bonds is 11. The quantitative estimate of drug-likeness (QED) is 0.257. The van der Waals surface area contributed by atoms with E-state index >= 15 is 0 Å². The van der Waals surface area contributed by atoms with Crippen molar-refractivity contribution < 1.29 is 32.3 Å². The molecule has 0 spiro atoms. The first-order chi connectivity index (χ1) is 20.8. The molecule has 44 heavy (non-hydrogen) atoms. The van der Waals surface area contributed by atoms with E-state index in [9.17, 15) is 32.3 Å². The maximum atomic E-state index is 13.7. The third kappa shape index (κ3) is 8.49. The minimum atomic E-state index is -3.75. The predicted molar refractivity (Wildman–Crippen MR) is 165 cm³/mol. The molecule has 10 nitrogen and oxygen atoms in total. The summed E-state index contributed by atoms with van der Waals surface area (Å²) in [6.45, 7) is 2.13. The van der Waals surface area contributed by atoms with Gasteiger partial charge in [0.05, 0.1) is 30.1 Å². The van der Waals surface area contributed by atoms with Crippen molar-refractivity contribution in [2.75, 3.05) is 24.2 Å². The van der Waals surface area contributed by atoms with E-state index in [1.54, 1.807) is 19.1 Å². The number of nitrogens with one attached hydrogen (secondary N) is 3. The van der Waals surface area contributed by atoms with E-state index in [1.807, 2.05) is 30.3 Å². The lowest BCUT2D eigenvalue weighted by molar-refractivity contribution is -0.121. The zero-order valence-electron chi connectivity index (χ0n) is 24.8. The van der Waals surface area contributed by atoms with Gasteiger partial charge >= 0.3 is 0 Å². The number of hydrogen-bond donors (Lipinski definition) is 4. The van der Waals surface area contributed by atoms with Gasteiger partial charge in [0.2, 0.25) is 10.0 Å². The number of benzene rings is 3. The van der Waals surface area contributed by atoms with E-state index in [0.29, 0.717) is 18.5 Å². The molecule has 1 fully saturated rings. The Balaban J connectivity index is 1.65. The van der Waals surface area contributed by atoms with Crippen LogP contribution in [-0.2, 0) is 21.2 Å². The summed E-state index contributed by atoms with van der Waals surface area (Å²) in [5.74, 6) is -1.62. The molecule has 1 aliphatic rings. The zero-order chi connectivity index (χ0) is 32.0. The van der Waals surface area contributed by atoms with Gasteiger partial charge in [0.25, 0.3) is 11.8 Å². The first-order valence-electron chi connectivity index (χ1n) is 14.2. The second kappa shape index (κ2) is 14.1. The number of amides is 2. The number of carbonyl (C=O) groups excluding carboxylic acids is 3. The van der Waals surface area contributed by atoms with Crippen LogP contribution in [0.4, 0.5) is 10.1 Å². The van der Waals surface area contributed by atoms with E-state index in [2.05, 4.69) is 16.0 Å². The van der Waals surface area contributed by atoms with Crippen LogP contribution in [0.25, 0.3) is 0 Å². The second-order valence-corrected chi connectivity index (χ2v) is 13.1. The van der Waals surface area contributed by atoms with Crippen LogP contribution in [0.15, 0.2) is 72.8 Å². The third-order valence-corrected chi connectivity index (χ3v) is 8.92. The van der Waals surface area contributed by atoms with Crippen molar-refractivity contribution >= 4 is 33.3 Å². The van der Waals surface area contributed by atoms with Gasteiger partial charge in [-0.15, -0.1) is 0 Å². The van der Waals surface area contributed by atoms with Crippen molar-refractivity contribution in [3.8, 4) is 0 Å². The number of aliphatic hydroxyl groups is 1. The van der Waals surface area contributed by atoms with Crippen molar-refractivity contribution in [3.05, 3.63) is 101 Å². The largest absolute Gasteiger partial charge is 0.389 e. The van der Waals surface area contributed by atoms with Gasteiger partial charge in [0.15, 0.2) is 0 Å². The molecule has 0 radical (unpaired) electrons. The van der Waals surface area contributed by atoms with E-state index in [1.165, 1.54) is 37.4 Å². The minimum absolute atomic E-state index is 0.00414. The van der Waals surface area contributed by atoms with Gasteiger partial charge in [-0.1, -0.05) is 42.5 Å². The number of anilines is 1. The topological polar surface area (TPSA) is 145 Å². The number of halogens is 1. The molecule has 0 saturated carbocycles. The van der Waals surface area contributed by atoms with Crippen LogP contribution in [0.1, 0.15) is 57.7 Å². The van der Waals surface area contributed by atoms with E-state index in [0.717, 1.165) is 16.1 Å². The molecule has 4 rings (SSSR count). The summed E-state index contributed by atoms with van der Waals surface area (Å²) in [5.41, 5.74) is 1.60. The van der Waals surface area contributed by atoms with Crippen LogP contribution < -0.4 is 20.3 Å². The van der Waals surface area contributed by atoms with Crippen LogP contribution in [-0.4, -0.2) is 69.2 Å². The highest BCUT2D eigenvalue weighted by Gasteiger charge is 2.33. The van der Waals surface area contributed by atoms with E-state index in [-0.39, 0.29) is 35.4 Å². The summed E-state index contributed by atoms with van der Waals surface area (Å²) in [6.07, 6.45) is 0.619. The molecule has 1 heterocycles. The lowest BCUT2D eigenvalue weighted by Crippen LogP contribution is -2.56. The summed E-state index contributed by atoms with van der Waals surface area (Å²) < 4.78 is 39.1. The molecule has 3 aromatic rings. The first kappa shape index (κ1) is 32.8. The molecule has 1 aliphatic heterocycles. The molecular weight excluding hydrogens is 587 g/mol. The van der Waals surface area contributed by atoms with Crippen molar-refractivity contribution in [3.63, 3.8) is 0 Å². The molecule has 0 bridgehead atoms. The average Bonchev–Trinajstić information content (AvgIpc) is 3.00. The second-order valence-electron chi connectivity index (χ2n) is 11.1. The molecule has 3 aromatic carbocycles. The number of carbonyl (C=O) groups is 3. The molecule has 0 aliphatic carbocycles. The highest BCUT2D eigenvalue weighted by atomic mass is 32.2. The van der Waals surface area contributed by atoms with Crippen molar-refractivity contribution in [1.82, 2.24) is 16.0 Å². The van der Waals surface area contributed by atoms with Crippen molar-refractivity contribution in [2.45, 2.75) is 50.4 Å². The average molecular weight is 625 g/mol. The number of nitrogens with zero attached hydrogens (tertiary/aromatic N) is 1. The first-order valence-corrected chi connectivity index (χ1v) is 16.1. The lowest BCUT2D eigenvalue weighted by Gasteiger charge is -2.33. The van der Waals surface area contributed by atoms with Gasteiger partial charge in [-0.25, -0.2) is 12.8 Å². The maximum Gasteiger partial charge on any atom is 0.251 e. The van der Waals surface area contributed by atoms with Crippen molar-refractivity contribution in [1.29, 1.82) is 0 Å². The summed E-state index contributed by atoms with van der Waals surface area (Å²) >= 11 is 0. The molecule has 4 atom stereocenters. The fourth-order valence-electron chi connectivity index (χ4n) is 5.08. The monoisotopic (exact) mass is 624 g/mol. The van der Waals surface area contributed by atoms with E-state index < -0.39 is 51.9 Å². The molecule has 4 N–H and O–H groups in total. The molecule has 2 amide bonds. The summed E-state index contributed by atoms with van der Waals surface area (Å²) in [5, 5.41) is 20.1. The Morgan fingerprint density at radius 1 is 1.02 bits per heavy atom. The van der Waals surface area contributed by atoms with Gasteiger partial charge in [-0.3, -0.25) is 18.7 Å². The van der Waals surface area contributed by atoms with Crippen LogP contribution in [0.5, 0.6) is 0 Å². The molecule has 1 saturated heterocycles. The number of aliphatic hydroxyl groups excluding tert-OH is 1. The number of Topliss-reactive ketones (excluding diaryl/α,β-unsaturated/α-hetero) is 1. The van der Waals surface area contributed by atoms with Crippen LogP contribution >= 0.6 is 0 Å². The van der Waals surface area contributed by atoms with Gasteiger partial charge in [-0.2, -0.15) is 0 Å². The number of piperidine rings is 1. The standard InChI is InChI=1S/C32H37FN4O6S/c1-20(22-9-11-25(33)12-10-22)35-31(40)23-16-24(18-26(17-23)37(2)44(3,42)43)32(41)36-29(15-21-7-5-4-6-8-21)30(39)28-19-27(38)13-14-34-28/h4-12,16-18,20,28-30,34,39H,13-15,19H2,1-3H3,(H,35,40)(H,36,41). The Labute approximate surface area is 256 Å². The van der Waals surface area contributed by atoms with Crippen LogP contribution in [0.2, 0.25) is 0 Å². The van der Waals surface area contributed by atoms with Crippen LogP contribution in [0.3, 0.4) is 0 Å². The van der Waals surface area contributed by atoms with Crippen LogP contribution in [0, 0.1) is 5.82 Å². The van der Waals surface area contributed by atoms with Gasteiger partial charge in [0, 0.05) is 43.6 Å². The molecule has 0 aromatic heterocycles. The Morgan fingerprint density at radius 3 is 2.23 bits per heavy atom. The molecule has 234 valence electrons. The van der Waals surface area contributed by atoms with Gasteiger partial charge in [-0.05, 0) is 54.8 Å². The highest BCUT2D eigenvalue weighted by molar-refractivity contribution is 7.92. The summed E-state index contributed by atoms with van der Waals surface area (Å²) in [4.78, 5) is 39.2. The van der Waals surface area contributed by atoms with Gasteiger partial charge < -0.3 is 21.1 Å². The maximum absolute atomic E-state index is 13.7. The fourth-order valence-corrected chi connectivity index (χ4v) is 5.57. The highest BCUT2D eigenvalue weighted by Crippen LogP contribution is 2.23. The molecule has 12 heteroatoms. The van der Waals surface area contributed by atoms with Gasteiger partial charge in [0.1, 0.15) is 11.6 Å². The summed E-state index contributed by atoms with van der Waals surface area (Å²) in [6, 6.07) is 17.0. The lowest BCUT2D eigenvalue weighted by atomic mass is 9.90. The number of hydrogen-bond acceptors (Lipinski definition) is 7. The normalized spacial score (nSPS) is 17.3. The molecule has 4 unspecified atom stereocenters. The van der Waals surface area contributed by atoms with Crippen molar-refractivity contribution in [2.24, 2.45) is 0 Å². The number of sulfonamides is 1. The smallest absolute Gasteiger partial charge is 0.251 e.